The fourth-order valence-electron chi connectivity index (χ4n) is 2.43. The molecule has 2 unspecified atom stereocenters. The van der Waals surface area contributed by atoms with Gasteiger partial charge in [0.15, 0.2) is 8.32 Å². The molecule has 0 bridgehead atoms. The molecule has 1 saturated carbocycles. The van der Waals surface area contributed by atoms with E-state index in [0.29, 0.717) is 6.42 Å². The number of carbonyl (C=O) groups is 1. The molecule has 0 aromatic carbocycles. The molecule has 0 radical (unpaired) electrons. The molecule has 0 aromatic rings. The Kier molecular flexibility index (Phi) is 5.31. The molecular weight excluding hydrogens is 288 g/mol. The van der Waals surface area contributed by atoms with Gasteiger partial charge in [0.05, 0.1) is 18.6 Å². The van der Waals surface area contributed by atoms with Gasteiger partial charge in [0.25, 0.3) is 0 Å². The maximum atomic E-state index is 12.0. The van der Waals surface area contributed by atoms with Crippen LogP contribution in [0.1, 0.15) is 41.0 Å². The van der Waals surface area contributed by atoms with Gasteiger partial charge in [-0.1, -0.05) is 20.8 Å². The maximum Gasteiger partial charge on any atom is 0.312 e. The van der Waals surface area contributed by atoms with Gasteiger partial charge < -0.3 is 19.4 Å². The van der Waals surface area contributed by atoms with E-state index in [1.807, 2.05) is 0 Å². The Hall–Kier alpha value is -0.433. The van der Waals surface area contributed by atoms with E-state index in [1.54, 1.807) is 6.92 Å². The van der Waals surface area contributed by atoms with Crippen molar-refractivity contribution < 1.29 is 24.2 Å². The summed E-state index contributed by atoms with van der Waals surface area (Å²) in [7, 11) is -2.08. The van der Waals surface area contributed by atoms with Crippen molar-refractivity contribution in [2.45, 2.75) is 77.0 Å². The highest BCUT2D eigenvalue weighted by Gasteiger charge is 2.56. The van der Waals surface area contributed by atoms with E-state index in [1.165, 1.54) is 6.92 Å². The molecule has 0 heterocycles. The molecule has 5 nitrogen and oxygen atoms in total. The largest absolute Gasteiger partial charge is 0.466 e. The van der Waals surface area contributed by atoms with Crippen LogP contribution in [-0.2, 0) is 14.0 Å². The highest BCUT2D eigenvalue weighted by atomic mass is 28.4. The van der Waals surface area contributed by atoms with Crippen molar-refractivity contribution in [1.82, 2.24) is 0 Å². The van der Waals surface area contributed by atoms with Gasteiger partial charge in [-0.3, -0.25) is 4.79 Å². The van der Waals surface area contributed by atoms with E-state index >= 15 is 0 Å². The van der Waals surface area contributed by atoms with Gasteiger partial charge in [-0.2, -0.15) is 0 Å². The second-order valence-electron chi connectivity index (χ2n) is 7.63. The molecule has 1 aliphatic carbocycles. The fourth-order valence-corrected chi connectivity index (χ4v) is 3.76. The van der Waals surface area contributed by atoms with Gasteiger partial charge in [-0.05, 0) is 38.4 Å². The summed E-state index contributed by atoms with van der Waals surface area (Å²) in [6, 6.07) is 0. The van der Waals surface area contributed by atoms with Crippen LogP contribution in [0.5, 0.6) is 0 Å². The molecule has 4 atom stereocenters. The van der Waals surface area contributed by atoms with Gasteiger partial charge in [0.2, 0.25) is 0 Å². The third-order valence-corrected chi connectivity index (χ3v) is 9.45. The van der Waals surface area contributed by atoms with E-state index in [-0.39, 0.29) is 11.6 Å². The zero-order chi connectivity index (χ0) is 16.6. The van der Waals surface area contributed by atoms with Gasteiger partial charge >= 0.3 is 5.97 Å². The first kappa shape index (κ1) is 18.6. The van der Waals surface area contributed by atoms with E-state index in [0.717, 1.165) is 0 Å². The minimum Gasteiger partial charge on any atom is -0.466 e. The standard InChI is InChI=1S/C15H30O5Si/c1-8-19-13(17)10-9-11(12(16)15(10,5)18)20-21(6,7)14(2,3)4/h10-12,16,18H,8-9H2,1-7H3/t10-,11-,12?,15?/m1/s1. The second kappa shape index (κ2) is 5.99. The molecule has 2 N–H and O–H groups in total. The van der Waals surface area contributed by atoms with E-state index in [4.69, 9.17) is 9.16 Å². The van der Waals surface area contributed by atoms with Crippen LogP contribution >= 0.6 is 0 Å². The summed E-state index contributed by atoms with van der Waals surface area (Å²) in [6.45, 7) is 14.0. The Morgan fingerprint density at radius 3 is 2.33 bits per heavy atom. The molecule has 0 amide bonds. The molecule has 1 fully saturated rings. The van der Waals surface area contributed by atoms with Gasteiger partial charge in [0, 0.05) is 0 Å². The predicted molar refractivity (Wildman–Crippen MR) is 83.4 cm³/mol. The lowest BCUT2D eigenvalue weighted by molar-refractivity contribution is -0.160. The minimum atomic E-state index is -2.08. The van der Waals surface area contributed by atoms with Crippen LogP contribution in [0.4, 0.5) is 0 Å². The summed E-state index contributed by atoms with van der Waals surface area (Å²) in [5, 5.41) is 20.8. The normalized spacial score (nSPS) is 34.0. The topological polar surface area (TPSA) is 76.0 Å². The van der Waals surface area contributed by atoms with Gasteiger partial charge in [-0.15, -0.1) is 0 Å². The number of hydrogen-bond donors (Lipinski definition) is 2. The molecule has 0 aliphatic heterocycles. The van der Waals surface area contributed by atoms with E-state index < -0.39 is 38.0 Å². The van der Waals surface area contributed by atoms with Gasteiger partial charge in [-0.25, -0.2) is 0 Å². The summed E-state index contributed by atoms with van der Waals surface area (Å²) in [5.41, 5.74) is -1.51. The van der Waals surface area contributed by atoms with Crippen LogP contribution in [0.2, 0.25) is 18.1 Å². The summed E-state index contributed by atoms with van der Waals surface area (Å²) in [4.78, 5) is 12.0. The highest BCUT2D eigenvalue weighted by Crippen LogP contribution is 2.43. The molecule has 1 aliphatic rings. The zero-order valence-electron chi connectivity index (χ0n) is 14.3. The fraction of sp³-hybridized carbons (Fsp3) is 0.933. The number of carbonyl (C=O) groups excluding carboxylic acids is 1. The Balaban J connectivity index is 2.91. The SMILES string of the molecule is CCOC(=O)[C@H]1C[C@@H](O[Si](C)(C)C(C)(C)C)C(O)C1(C)O. The zero-order valence-corrected chi connectivity index (χ0v) is 15.3. The monoisotopic (exact) mass is 318 g/mol. The lowest BCUT2D eigenvalue weighted by Gasteiger charge is -2.39. The van der Waals surface area contributed by atoms with Crippen LogP contribution in [0, 0.1) is 5.92 Å². The molecule has 0 saturated heterocycles. The average Bonchev–Trinajstić information content (AvgIpc) is 2.51. The Bertz CT molecular complexity index is 386. The first-order valence-electron chi connectivity index (χ1n) is 7.59. The average molecular weight is 318 g/mol. The van der Waals surface area contributed by atoms with Gasteiger partial charge in [0.1, 0.15) is 11.7 Å². The molecular formula is C15H30O5Si. The summed E-state index contributed by atoms with van der Waals surface area (Å²) in [5.74, 6) is -1.22. The summed E-state index contributed by atoms with van der Waals surface area (Å²) < 4.78 is 11.2. The van der Waals surface area contributed by atoms with Crippen molar-refractivity contribution in [2.75, 3.05) is 6.61 Å². The van der Waals surface area contributed by atoms with Crippen molar-refractivity contribution in [1.29, 1.82) is 0 Å². The number of rotatable bonds is 4. The first-order chi connectivity index (χ1) is 9.34. The first-order valence-corrected chi connectivity index (χ1v) is 10.5. The minimum absolute atomic E-state index is 0.000587. The van der Waals surface area contributed by atoms with Crippen molar-refractivity contribution in [3.8, 4) is 0 Å². The lowest BCUT2D eigenvalue weighted by atomic mass is 9.92. The number of esters is 1. The Morgan fingerprint density at radius 1 is 1.38 bits per heavy atom. The van der Waals surface area contributed by atoms with Crippen LogP contribution in [0.3, 0.4) is 0 Å². The summed E-state index contributed by atoms with van der Waals surface area (Å²) in [6.07, 6.45) is -1.32. The number of hydrogen-bond acceptors (Lipinski definition) is 5. The molecule has 124 valence electrons. The van der Waals surface area contributed by atoms with Crippen molar-refractivity contribution in [3.63, 3.8) is 0 Å². The third-order valence-electron chi connectivity index (χ3n) is 4.95. The van der Waals surface area contributed by atoms with Crippen molar-refractivity contribution in [3.05, 3.63) is 0 Å². The van der Waals surface area contributed by atoms with Crippen molar-refractivity contribution >= 4 is 14.3 Å². The molecule has 21 heavy (non-hydrogen) atoms. The predicted octanol–water partition coefficient (Wildman–Crippen LogP) is 2.07. The molecule has 6 heteroatoms. The van der Waals surface area contributed by atoms with Crippen molar-refractivity contribution in [2.24, 2.45) is 5.92 Å². The van der Waals surface area contributed by atoms with E-state index in [9.17, 15) is 15.0 Å². The Labute approximate surface area is 128 Å². The highest BCUT2D eigenvalue weighted by molar-refractivity contribution is 6.74. The van der Waals surface area contributed by atoms with E-state index in [2.05, 4.69) is 33.9 Å². The summed E-state index contributed by atoms with van der Waals surface area (Å²) >= 11 is 0. The van der Waals surface area contributed by atoms with Crippen LogP contribution in [0.15, 0.2) is 0 Å². The maximum absolute atomic E-state index is 12.0. The Morgan fingerprint density at radius 2 is 1.90 bits per heavy atom. The molecule has 0 spiro atoms. The second-order valence-corrected chi connectivity index (χ2v) is 12.4. The third kappa shape index (κ3) is 3.67. The smallest absolute Gasteiger partial charge is 0.312 e. The van der Waals surface area contributed by atoms with Crippen LogP contribution < -0.4 is 0 Å². The molecule has 1 rings (SSSR count). The quantitative estimate of drug-likeness (QED) is 0.613. The molecule has 0 aromatic heterocycles. The van der Waals surface area contributed by atoms with Crippen LogP contribution in [0.25, 0.3) is 0 Å². The number of aliphatic hydroxyl groups excluding tert-OH is 1. The lowest BCUT2D eigenvalue weighted by Crippen LogP contribution is -2.50. The van der Waals surface area contributed by atoms with Crippen LogP contribution in [-0.4, -0.2) is 48.9 Å². The number of ether oxygens (including phenoxy) is 1. The number of aliphatic hydroxyl groups is 2.